The van der Waals surface area contributed by atoms with Gasteiger partial charge in [0.25, 0.3) is 5.69 Å². The van der Waals surface area contributed by atoms with Gasteiger partial charge in [-0.2, -0.15) is 0 Å². The first kappa shape index (κ1) is 18.4. The molecule has 0 atom stereocenters. The molecule has 0 radical (unpaired) electrons. The molecule has 4 rings (SSSR count). The molecule has 4 aromatic rings. The van der Waals surface area contributed by atoms with E-state index in [1.165, 1.54) is 12.3 Å². The first-order chi connectivity index (χ1) is 13.9. The maximum absolute atomic E-state index is 12.2. The monoisotopic (exact) mass is 386 g/mol. The number of rotatable bonds is 4. The Kier molecular flexibility index (Phi) is 4.56. The molecule has 144 valence electrons. The highest BCUT2D eigenvalue weighted by Gasteiger charge is 2.11. The summed E-state index contributed by atoms with van der Waals surface area (Å²) in [5.41, 5.74) is 4.13. The Hall–Kier alpha value is -4.00. The molecule has 7 nitrogen and oxygen atoms in total. The summed E-state index contributed by atoms with van der Waals surface area (Å²) in [6.07, 6.45) is 1.34. The Morgan fingerprint density at radius 3 is 2.66 bits per heavy atom. The van der Waals surface area contributed by atoms with Crippen molar-refractivity contribution in [3.63, 3.8) is 0 Å². The Labute approximate surface area is 166 Å². The number of nitro benzene ring substituents is 1. The van der Waals surface area contributed by atoms with Crippen LogP contribution in [0, 0.1) is 24.0 Å². The van der Waals surface area contributed by atoms with Crippen molar-refractivity contribution in [3.8, 4) is 17.2 Å². The number of nitro groups is 1. The van der Waals surface area contributed by atoms with Crippen LogP contribution >= 0.6 is 0 Å². The highest BCUT2D eigenvalue weighted by molar-refractivity contribution is 5.88. The number of benzene rings is 3. The van der Waals surface area contributed by atoms with Crippen molar-refractivity contribution in [2.75, 3.05) is 0 Å². The standard InChI is InChI=1S/C22H17N3O4/c1-13-4-3-5-15(8-13)22-24-18-11-17(6-7-20(18)29-22)23-12-16-9-14(2)10-19(21(16)26)25(27)28/h3-12,26H,1-2H3/p-1. The highest BCUT2D eigenvalue weighted by atomic mass is 16.6. The zero-order valence-electron chi connectivity index (χ0n) is 15.7. The fraction of sp³-hybridized carbons (Fsp3) is 0.0909. The minimum atomic E-state index is -0.680. The maximum atomic E-state index is 12.2. The number of oxazole rings is 1. The molecule has 0 bridgehead atoms. The van der Waals surface area contributed by atoms with Crippen molar-refractivity contribution in [2.45, 2.75) is 13.8 Å². The van der Waals surface area contributed by atoms with Crippen LogP contribution in [-0.2, 0) is 0 Å². The molecule has 29 heavy (non-hydrogen) atoms. The third kappa shape index (κ3) is 3.70. The lowest BCUT2D eigenvalue weighted by Gasteiger charge is -2.11. The van der Waals surface area contributed by atoms with Crippen LogP contribution in [0.25, 0.3) is 22.6 Å². The summed E-state index contributed by atoms with van der Waals surface area (Å²) in [6.45, 7) is 3.69. The van der Waals surface area contributed by atoms with Crippen molar-refractivity contribution in [2.24, 2.45) is 4.99 Å². The second-order valence-corrected chi connectivity index (χ2v) is 6.76. The van der Waals surface area contributed by atoms with Gasteiger partial charge in [0.05, 0.1) is 10.6 Å². The molecule has 0 aliphatic heterocycles. The molecule has 0 saturated carbocycles. The van der Waals surface area contributed by atoms with Crippen LogP contribution < -0.4 is 5.11 Å². The molecular formula is C22H16N3O4-. The van der Waals surface area contributed by atoms with Gasteiger partial charge in [-0.25, -0.2) is 4.98 Å². The van der Waals surface area contributed by atoms with Crippen LogP contribution in [0.5, 0.6) is 5.75 Å². The summed E-state index contributed by atoms with van der Waals surface area (Å²) < 4.78 is 5.82. The first-order valence-corrected chi connectivity index (χ1v) is 8.88. The minimum Gasteiger partial charge on any atom is -0.867 e. The van der Waals surface area contributed by atoms with Crippen molar-refractivity contribution in [1.82, 2.24) is 4.98 Å². The molecule has 0 aliphatic carbocycles. The topological polar surface area (TPSA) is 105 Å². The number of nitrogens with zero attached hydrogens (tertiary/aromatic N) is 3. The van der Waals surface area contributed by atoms with Crippen LogP contribution in [0.4, 0.5) is 11.4 Å². The predicted octanol–water partition coefficient (Wildman–Crippen LogP) is 4.84. The van der Waals surface area contributed by atoms with Crippen LogP contribution in [-0.4, -0.2) is 16.1 Å². The van der Waals surface area contributed by atoms with E-state index in [0.29, 0.717) is 28.2 Å². The lowest BCUT2D eigenvalue weighted by molar-refractivity contribution is -0.398. The lowest BCUT2D eigenvalue weighted by atomic mass is 10.1. The summed E-state index contributed by atoms with van der Waals surface area (Å²) in [7, 11) is 0. The van der Waals surface area contributed by atoms with E-state index in [1.807, 2.05) is 31.2 Å². The number of aryl methyl sites for hydroxylation is 2. The van der Waals surface area contributed by atoms with E-state index in [9.17, 15) is 15.2 Å². The SMILES string of the molecule is Cc1cccc(-c2nc3cc(N=Cc4cc(C)cc([N+](=O)[O-])c4[O-])ccc3o2)c1. The highest BCUT2D eigenvalue weighted by Crippen LogP contribution is 2.30. The molecule has 7 heteroatoms. The smallest absolute Gasteiger partial charge is 0.262 e. The molecule has 0 fully saturated rings. The van der Waals surface area contributed by atoms with Gasteiger partial charge in [-0.15, -0.1) is 0 Å². The predicted molar refractivity (Wildman–Crippen MR) is 109 cm³/mol. The van der Waals surface area contributed by atoms with Crippen molar-refractivity contribution in [3.05, 3.63) is 81.4 Å². The maximum Gasteiger partial charge on any atom is 0.262 e. The Morgan fingerprint density at radius 1 is 1.07 bits per heavy atom. The van der Waals surface area contributed by atoms with Crippen molar-refractivity contribution < 1.29 is 14.4 Å². The number of fused-ring (bicyclic) bond motifs is 1. The van der Waals surface area contributed by atoms with Gasteiger partial charge < -0.3 is 9.52 Å². The molecule has 1 aromatic heterocycles. The second-order valence-electron chi connectivity index (χ2n) is 6.76. The zero-order valence-corrected chi connectivity index (χ0v) is 15.7. The van der Waals surface area contributed by atoms with E-state index in [0.717, 1.165) is 11.1 Å². The quantitative estimate of drug-likeness (QED) is 0.283. The van der Waals surface area contributed by atoms with Gasteiger partial charge in [0.1, 0.15) is 5.52 Å². The number of aromatic nitrogens is 1. The summed E-state index contributed by atoms with van der Waals surface area (Å²) in [6, 6.07) is 15.9. The summed E-state index contributed by atoms with van der Waals surface area (Å²) in [5, 5.41) is 23.3. The summed E-state index contributed by atoms with van der Waals surface area (Å²) >= 11 is 0. The van der Waals surface area contributed by atoms with Gasteiger partial charge in [0.2, 0.25) is 5.89 Å². The third-order valence-corrected chi connectivity index (χ3v) is 4.43. The van der Waals surface area contributed by atoms with E-state index in [2.05, 4.69) is 9.98 Å². The fourth-order valence-electron chi connectivity index (χ4n) is 3.05. The van der Waals surface area contributed by atoms with E-state index >= 15 is 0 Å². The molecule has 3 aromatic carbocycles. The number of aliphatic imine (C=N–C) groups is 1. The van der Waals surface area contributed by atoms with Crippen LogP contribution in [0.1, 0.15) is 16.7 Å². The van der Waals surface area contributed by atoms with Crippen LogP contribution in [0.15, 0.2) is 64.0 Å². The summed E-state index contributed by atoms with van der Waals surface area (Å²) in [4.78, 5) is 19.2. The van der Waals surface area contributed by atoms with E-state index in [4.69, 9.17) is 4.42 Å². The van der Waals surface area contributed by atoms with E-state index in [1.54, 1.807) is 31.2 Å². The largest absolute Gasteiger partial charge is 0.867 e. The molecular weight excluding hydrogens is 370 g/mol. The normalized spacial score (nSPS) is 11.4. The molecule has 0 N–H and O–H groups in total. The lowest BCUT2D eigenvalue weighted by Crippen LogP contribution is -2.02. The average molecular weight is 386 g/mol. The van der Waals surface area contributed by atoms with Gasteiger partial charge in [-0.3, -0.25) is 15.1 Å². The van der Waals surface area contributed by atoms with Gasteiger partial charge in [0.15, 0.2) is 5.58 Å². The molecule has 0 amide bonds. The second kappa shape index (κ2) is 7.20. The Bertz CT molecular complexity index is 1270. The molecule has 0 aliphatic rings. The Morgan fingerprint density at radius 2 is 1.90 bits per heavy atom. The van der Waals surface area contributed by atoms with Gasteiger partial charge in [0, 0.05) is 17.8 Å². The molecule has 0 saturated heterocycles. The number of hydrogen-bond acceptors (Lipinski definition) is 6. The first-order valence-electron chi connectivity index (χ1n) is 8.88. The van der Waals surface area contributed by atoms with Crippen molar-refractivity contribution >= 4 is 28.7 Å². The van der Waals surface area contributed by atoms with Crippen molar-refractivity contribution in [1.29, 1.82) is 0 Å². The zero-order chi connectivity index (χ0) is 20.5. The third-order valence-electron chi connectivity index (χ3n) is 4.43. The molecule has 0 spiro atoms. The van der Waals surface area contributed by atoms with E-state index < -0.39 is 16.4 Å². The minimum absolute atomic E-state index is 0.164. The Balaban J connectivity index is 1.68. The van der Waals surface area contributed by atoms with E-state index in [-0.39, 0.29) is 5.56 Å². The van der Waals surface area contributed by atoms with Gasteiger partial charge >= 0.3 is 0 Å². The number of hydrogen-bond donors (Lipinski definition) is 0. The van der Waals surface area contributed by atoms with Crippen LogP contribution in [0.2, 0.25) is 0 Å². The van der Waals surface area contributed by atoms with Gasteiger partial charge in [-0.1, -0.05) is 23.8 Å². The molecule has 1 heterocycles. The summed E-state index contributed by atoms with van der Waals surface area (Å²) in [5.74, 6) is -0.144. The van der Waals surface area contributed by atoms with Crippen LogP contribution in [0.3, 0.4) is 0 Å². The van der Waals surface area contributed by atoms with Gasteiger partial charge in [-0.05, 0) is 61.1 Å². The average Bonchev–Trinajstić information content (AvgIpc) is 3.11. The molecule has 0 unspecified atom stereocenters. The fourth-order valence-corrected chi connectivity index (χ4v) is 3.05.